The van der Waals surface area contributed by atoms with Crippen molar-refractivity contribution in [3.8, 4) is 0 Å². The van der Waals surface area contributed by atoms with E-state index in [9.17, 15) is 9.59 Å². The molecule has 2 aromatic heterocycles. The number of anilines is 1. The topological polar surface area (TPSA) is 78.4 Å². The number of nitrogens with zero attached hydrogens (tertiary/aromatic N) is 4. The van der Waals surface area contributed by atoms with Gasteiger partial charge in [-0.15, -0.1) is 11.3 Å². The predicted molar refractivity (Wildman–Crippen MR) is 102 cm³/mol. The molecule has 1 aliphatic rings. The zero-order chi connectivity index (χ0) is 18.5. The first-order chi connectivity index (χ1) is 12.6. The van der Waals surface area contributed by atoms with Gasteiger partial charge in [-0.25, -0.2) is 9.97 Å². The highest BCUT2D eigenvalue weighted by Gasteiger charge is 2.23. The van der Waals surface area contributed by atoms with E-state index >= 15 is 0 Å². The third-order valence-corrected chi connectivity index (χ3v) is 5.81. The number of amides is 2. The van der Waals surface area contributed by atoms with Gasteiger partial charge in [0.15, 0.2) is 0 Å². The number of piperazine rings is 1. The second-order valence-corrected chi connectivity index (χ2v) is 7.31. The summed E-state index contributed by atoms with van der Waals surface area (Å²) in [6.45, 7) is 6.69. The molecule has 0 radical (unpaired) electrons. The Morgan fingerprint density at radius 2 is 1.88 bits per heavy atom. The lowest BCUT2D eigenvalue weighted by molar-refractivity contribution is -0.130. The van der Waals surface area contributed by atoms with Crippen LogP contribution in [0.4, 0.5) is 5.95 Å². The Morgan fingerprint density at radius 1 is 1.19 bits per heavy atom. The third kappa shape index (κ3) is 4.19. The van der Waals surface area contributed by atoms with Crippen molar-refractivity contribution in [1.82, 2.24) is 20.2 Å². The minimum absolute atomic E-state index is 0.0269. The highest BCUT2D eigenvalue weighted by atomic mass is 32.1. The first-order valence-corrected chi connectivity index (χ1v) is 9.57. The molecule has 0 spiro atoms. The maximum Gasteiger partial charge on any atom is 0.261 e. The Kier molecular flexibility index (Phi) is 5.82. The number of aryl methyl sites for hydroxylation is 2. The maximum atomic E-state index is 12.4. The smallest absolute Gasteiger partial charge is 0.261 e. The van der Waals surface area contributed by atoms with Crippen molar-refractivity contribution in [3.63, 3.8) is 0 Å². The molecule has 1 N–H and O–H groups in total. The summed E-state index contributed by atoms with van der Waals surface area (Å²) >= 11 is 1.50. The number of hydrogen-bond acceptors (Lipinski definition) is 6. The molecule has 0 aromatic carbocycles. The fraction of sp³-hybridized carbons (Fsp3) is 0.444. The Morgan fingerprint density at radius 3 is 2.50 bits per heavy atom. The van der Waals surface area contributed by atoms with Crippen LogP contribution in [0.15, 0.2) is 24.5 Å². The summed E-state index contributed by atoms with van der Waals surface area (Å²) in [5, 5.41) is 2.75. The lowest BCUT2D eigenvalue weighted by Gasteiger charge is -2.34. The van der Waals surface area contributed by atoms with Crippen molar-refractivity contribution >= 4 is 29.1 Å². The molecule has 0 atom stereocenters. The summed E-state index contributed by atoms with van der Waals surface area (Å²) in [7, 11) is 0. The number of rotatable bonds is 5. The van der Waals surface area contributed by atoms with Crippen LogP contribution >= 0.6 is 11.3 Å². The van der Waals surface area contributed by atoms with Gasteiger partial charge >= 0.3 is 0 Å². The molecule has 138 valence electrons. The average molecular weight is 373 g/mol. The van der Waals surface area contributed by atoms with Gasteiger partial charge in [0.2, 0.25) is 11.9 Å². The zero-order valence-corrected chi connectivity index (χ0v) is 15.9. The van der Waals surface area contributed by atoms with Gasteiger partial charge in [-0.1, -0.05) is 6.92 Å². The molecule has 7 nitrogen and oxygen atoms in total. The quantitative estimate of drug-likeness (QED) is 0.859. The molecule has 2 amide bonds. The van der Waals surface area contributed by atoms with E-state index in [1.54, 1.807) is 23.4 Å². The summed E-state index contributed by atoms with van der Waals surface area (Å²) in [5.41, 5.74) is 1.13. The molecule has 0 saturated carbocycles. The van der Waals surface area contributed by atoms with Crippen molar-refractivity contribution in [2.75, 3.05) is 37.6 Å². The number of carbonyl (C=O) groups is 2. The Bertz CT molecular complexity index is 769. The fourth-order valence-corrected chi connectivity index (χ4v) is 3.98. The Balaban J connectivity index is 1.47. The van der Waals surface area contributed by atoms with E-state index in [1.165, 1.54) is 16.2 Å². The predicted octanol–water partition coefficient (Wildman–Crippen LogP) is 1.49. The van der Waals surface area contributed by atoms with Crippen molar-refractivity contribution in [2.24, 2.45) is 0 Å². The maximum absolute atomic E-state index is 12.4. The van der Waals surface area contributed by atoms with Gasteiger partial charge in [0.25, 0.3) is 5.91 Å². The van der Waals surface area contributed by atoms with Crippen LogP contribution < -0.4 is 10.2 Å². The van der Waals surface area contributed by atoms with Crippen LogP contribution in [0.1, 0.15) is 27.0 Å². The van der Waals surface area contributed by atoms with Crippen LogP contribution in [0.2, 0.25) is 0 Å². The molecule has 8 heteroatoms. The highest BCUT2D eigenvalue weighted by Crippen LogP contribution is 2.22. The summed E-state index contributed by atoms with van der Waals surface area (Å²) < 4.78 is 0. The van der Waals surface area contributed by atoms with Crippen LogP contribution in [-0.2, 0) is 11.2 Å². The number of hydrogen-bond donors (Lipinski definition) is 1. The van der Waals surface area contributed by atoms with Crippen LogP contribution in [0.5, 0.6) is 0 Å². The van der Waals surface area contributed by atoms with E-state index in [2.05, 4.69) is 27.1 Å². The van der Waals surface area contributed by atoms with Gasteiger partial charge in [0, 0.05) is 43.4 Å². The third-order valence-electron chi connectivity index (χ3n) is 4.43. The lowest BCUT2D eigenvalue weighted by atomic mass is 10.2. The first kappa shape index (κ1) is 18.3. The standard InChI is InChI=1S/C18H23N5O2S/c1-3-14-13(2)11-15(26-14)17(25)21-12-16(24)22-7-9-23(10-8-22)18-19-5-4-6-20-18/h4-6,11H,3,7-10,12H2,1-2H3,(H,21,25). The summed E-state index contributed by atoms with van der Waals surface area (Å²) in [5.74, 6) is 0.450. The van der Waals surface area contributed by atoms with E-state index in [0.29, 0.717) is 37.0 Å². The SMILES string of the molecule is CCc1sc(C(=O)NCC(=O)N2CCN(c3ncccn3)CC2)cc1C. The first-order valence-electron chi connectivity index (χ1n) is 8.75. The Labute approximate surface area is 157 Å². The molecule has 0 unspecified atom stereocenters. The summed E-state index contributed by atoms with van der Waals surface area (Å²) in [6.07, 6.45) is 4.34. The summed E-state index contributed by atoms with van der Waals surface area (Å²) in [6, 6.07) is 3.67. The molecule has 0 aliphatic carbocycles. The van der Waals surface area contributed by atoms with E-state index in [1.807, 2.05) is 13.0 Å². The van der Waals surface area contributed by atoms with E-state index in [4.69, 9.17) is 0 Å². The number of nitrogens with one attached hydrogen (secondary N) is 1. The van der Waals surface area contributed by atoms with Gasteiger partial charge < -0.3 is 15.1 Å². The minimum atomic E-state index is -0.178. The molecule has 0 bridgehead atoms. The van der Waals surface area contributed by atoms with E-state index < -0.39 is 0 Å². The average Bonchev–Trinajstić information content (AvgIpc) is 3.07. The van der Waals surface area contributed by atoms with E-state index in [0.717, 1.165) is 12.0 Å². The number of aromatic nitrogens is 2. The molecule has 3 rings (SSSR count). The molecular formula is C18H23N5O2S. The number of carbonyl (C=O) groups excluding carboxylic acids is 2. The van der Waals surface area contributed by atoms with E-state index in [-0.39, 0.29) is 18.4 Å². The van der Waals surface area contributed by atoms with Gasteiger partial charge in [0.05, 0.1) is 11.4 Å². The lowest BCUT2D eigenvalue weighted by Crippen LogP contribution is -2.51. The Hall–Kier alpha value is -2.48. The van der Waals surface area contributed by atoms with Crippen molar-refractivity contribution in [3.05, 3.63) is 39.8 Å². The fourth-order valence-electron chi connectivity index (χ4n) is 2.95. The van der Waals surface area contributed by atoms with Gasteiger partial charge in [-0.3, -0.25) is 9.59 Å². The van der Waals surface area contributed by atoms with Crippen LogP contribution in [0.3, 0.4) is 0 Å². The zero-order valence-electron chi connectivity index (χ0n) is 15.1. The molecule has 1 fully saturated rings. The van der Waals surface area contributed by atoms with Crippen molar-refractivity contribution < 1.29 is 9.59 Å². The highest BCUT2D eigenvalue weighted by molar-refractivity contribution is 7.14. The molecule has 2 aromatic rings. The molecule has 3 heterocycles. The number of thiophene rings is 1. The van der Waals surface area contributed by atoms with Crippen molar-refractivity contribution in [2.45, 2.75) is 20.3 Å². The second kappa shape index (κ2) is 8.27. The second-order valence-electron chi connectivity index (χ2n) is 6.17. The van der Waals surface area contributed by atoms with Gasteiger partial charge in [-0.2, -0.15) is 0 Å². The van der Waals surface area contributed by atoms with Crippen LogP contribution in [0.25, 0.3) is 0 Å². The van der Waals surface area contributed by atoms with Crippen LogP contribution in [0, 0.1) is 6.92 Å². The van der Waals surface area contributed by atoms with Gasteiger partial charge in [0.1, 0.15) is 0 Å². The summed E-state index contributed by atoms with van der Waals surface area (Å²) in [4.78, 5) is 38.8. The normalized spacial score (nSPS) is 14.4. The van der Waals surface area contributed by atoms with Crippen molar-refractivity contribution in [1.29, 1.82) is 0 Å². The molecule has 1 saturated heterocycles. The van der Waals surface area contributed by atoms with Gasteiger partial charge in [-0.05, 0) is 31.0 Å². The van der Waals surface area contributed by atoms with Crippen LogP contribution in [-0.4, -0.2) is 59.4 Å². The monoisotopic (exact) mass is 373 g/mol. The minimum Gasteiger partial charge on any atom is -0.342 e. The largest absolute Gasteiger partial charge is 0.342 e. The molecule has 26 heavy (non-hydrogen) atoms. The molecule has 1 aliphatic heterocycles. The molecular weight excluding hydrogens is 350 g/mol.